The van der Waals surface area contributed by atoms with Gasteiger partial charge in [-0.05, 0) is 12.1 Å². The molecule has 92 valence electrons. The number of benzene rings is 1. The predicted octanol–water partition coefficient (Wildman–Crippen LogP) is 0.555. The first-order valence-corrected chi connectivity index (χ1v) is 4.81. The van der Waals surface area contributed by atoms with Gasteiger partial charge in [0.1, 0.15) is 13.6 Å². The minimum absolute atomic E-state index is 0. The van der Waals surface area contributed by atoms with Gasteiger partial charge in [-0.25, -0.2) is 0 Å². The molecule has 0 unspecified atom stereocenters. The number of hydrogen-bond acceptors (Lipinski definition) is 6. The number of nitro benzene ring substituents is 1. The Morgan fingerprint density at radius 1 is 1.12 bits per heavy atom. The minimum atomic E-state index is -5.10. The van der Waals surface area contributed by atoms with Crippen LogP contribution < -0.4 is 26.6 Å². The van der Waals surface area contributed by atoms with Crippen molar-refractivity contribution in [2.75, 3.05) is 0 Å². The van der Waals surface area contributed by atoms with Crippen molar-refractivity contribution in [3.05, 3.63) is 34.4 Å². The second kappa shape index (κ2) is 6.16. The third-order valence-electron chi connectivity index (χ3n) is 1.26. The fraction of sp³-hybridized carbons (Fsp3) is 0. The van der Waals surface area contributed by atoms with Gasteiger partial charge in [0.05, 0.1) is 4.92 Å². The van der Waals surface area contributed by atoms with Crippen LogP contribution in [0.1, 0.15) is 0 Å². The van der Waals surface area contributed by atoms with E-state index in [4.69, 9.17) is 0 Å². The van der Waals surface area contributed by atoms with Crippen LogP contribution >= 0.6 is 7.82 Å². The smallest absolute Gasteiger partial charge is 0.269 e. The molecule has 1 aromatic carbocycles. The first-order valence-electron chi connectivity index (χ1n) is 3.34. The Bertz CT molecular complexity index is 388. The van der Waals surface area contributed by atoms with Crippen LogP contribution in [0.5, 0.6) is 5.75 Å². The zero-order valence-corrected chi connectivity index (χ0v) is 9.55. The monoisotopic (exact) mass is 253 g/mol. The Kier molecular flexibility index (Phi) is 6.50. The van der Waals surface area contributed by atoms with Crippen molar-refractivity contribution in [1.82, 2.24) is 12.3 Å². The zero-order valence-electron chi connectivity index (χ0n) is 8.65. The van der Waals surface area contributed by atoms with Crippen molar-refractivity contribution < 1.29 is 23.8 Å². The third-order valence-corrected chi connectivity index (χ3v) is 1.70. The molecule has 1 rings (SSSR count). The highest BCUT2D eigenvalue weighted by Crippen LogP contribution is 2.29. The number of nitro groups is 1. The van der Waals surface area contributed by atoms with E-state index in [2.05, 4.69) is 4.52 Å². The highest BCUT2D eigenvalue weighted by atomic mass is 31.2. The first-order chi connectivity index (χ1) is 6.38. The molecule has 0 spiro atoms. The maximum absolute atomic E-state index is 10.2. The van der Waals surface area contributed by atoms with Gasteiger partial charge in [0, 0.05) is 12.1 Å². The molecule has 0 amide bonds. The summed E-state index contributed by atoms with van der Waals surface area (Å²) in [4.78, 5) is 29.8. The number of quaternary nitrogens is 2. The highest BCUT2D eigenvalue weighted by Gasteiger charge is 2.04. The fourth-order valence-corrected chi connectivity index (χ4v) is 1.14. The van der Waals surface area contributed by atoms with Gasteiger partial charge < -0.3 is 31.2 Å². The van der Waals surface area contributed by atoms with Crippen molar-refractivity contribution in [2.45, 2.75) is 0 Å². The molecule has 0 heterocycles. The first kappa shape index (κ1) is 16.9. The van der Waals surface area contributed by atoms with Gasteiger partial charge in [0.25, 0.3) is 5.69 Å². The Balaban J connectivity index is 0. The van der Waals surface area contributed by atoms with E-state index in [1.54, 1.807) is 0 Å². The number of phosphoric ester groups is 1. The van der Waals surface area contributed by atoms with E-state index in [-0.39, 0.29) is 23.7 Å². The molecule has 10 heteroatoms. The second-order valence-corrected chi connectivity index (χ2v) is 3.37. The third kappa shape index (κ3) is 5.39. The molecule has 0 saturated heterocycles. The average Bonchev–Trinajstić information content (AvgIpc) is 2.02. The van der Waals surface area contributed by atoms with E-state index in [1.807, 2.05) is 0 Å². The van der Waals surface area contributed by atoms with Crippen molar-refractivity contribution in [3.8, 4) is 5.75 Å². The summed E-state index contributed by atoms with van der Waals surface area (Å²) in [6.45, 7) is 0. The lowest BCUT2D eigenvalue weighted by atomic mass is 10.3. The van der Waals surface area contributed by atoms with Gasteiger partial charge >= 0.3 is 0 Å². The molecular weight excluding hydrogens is 241 g/mol. The Hall–Kier alpha value is -1.51. The molecule has 0 aliphatic heterocycles. The summed E-state index contributed by atoms with van der Waals surface area (Å²) in [5, 5.41) is 10.2. The van der Waals surface area contributed by atoms with Gasteiger partial charge in [-0.15, -0.1) is 0 Å². The molecule has 0 aromatic heterocycles. The summed E-state index contributed by atoms with van der Waals surface area (Å²) < 4.78 is 14.1. The summed E-state index contributed by atoms with van der Waals surface area (Å²) in [5.41, 5.74) is -0.219. The molecule has 0 bridgehead atoms. The molecule has 9 nitrogen and oxygen atoms in total. The Morgan fingerprint density at radius 3 is 1.88 bits per heavy atom. The lowest BCUT2D eigenvalue weighted by Crippen LogP contribution is -2.18. The van der Waals surface area contributed by atoms with Crippen LogP contribution in [0.25, 0.3) is 0 Å². The van der Waals surface area contributed by atoms with E-state index in [9.17, 15) is 24.5 Å². The predicted molar refractivity (Wildman–Crippen MR) is 53.3 cm³/mol. The maximum atomic E-state index is 10.2. The number of non-ortho nitro benzene ring substituents is 1. The topological polar surface area (TPSA) is 189 Å². The highest BCUT2D eigenvalue weighted by molar-refractivity contribution is 7.43. The molecule has 0 fully saturated rings. The van der Waals surface area contributed by atoms with Crippen LogP contribution in [0.3, 0.4) is 0 Å². The van der Waals surface area contributed by atoms with Gasteiger partial charge in [0.2, 0.25) is 0 Å². The van der Waals surface area contributed by atoms with Crippen LogP contribution in [0, 0.1) is 10.1 Å². The molecular formula is C6H12N3O6P. The number of hydrogen-bond donors (Lipinski definition) is 2. The van der Waals surface area contributed by atoms with Crippen molar-refractivity contribution in [1.29, 1.82) is 0 Å². The quantitative estimate of drug-likeness (QED) is 0.449. The van der Waals surface area contributed by atoms with Crippen LogP contribution in [0.15, 0.2) is 24.3 Å². The summed E-state index contributed by atoms with van der Waals surface area (Å²) in [6.07, 6.45) is 0. The normalized spacial score (nSPS) is 9.62. The summed E-state index contributed by atoms with van der Waals surface area (Å²) in [6, 6.07) is 4.12. The summed E-state index contributed by atoms with van der Waals surface area (Å²) in [7, 11) is -5.10. The largest absolute Gasteiger partial charge is 0.780 e. The van der Waals surface area contributed by atoms with Crippen LogP contribution in [0.4, 0.5) is 5.69 Å². The number of phosphoric acid groups is 1. The van der Waals surface area contributed by atoms with E-state index >= 15 is 0 Å². The Labute approximate surface area is 90.6 Å². The van der Waals surface area contributed by atoms with E-state index in [1.165, 1.54) is 0 Å². The SMILES string of the molecule is O=[N+]([O-])c1ccc(OP(=O)([O-])[O-])cc1.[NH4+].[NH4+]. The number of rotatable bonds is 3. The molecule has 16 heavy (non-hydrogen) atoms. The van der Waals surface area contributed by atoms with Crippen LogP contribution in [-0.4, -0.2) is 4.92 Å². The van der Waals surface area contributed by atoms with E-state index < -0.39 is 12.7 Å². The molecule has 0 saturated carbocycles. The lowest BCUT2D eigenvalue weighted by Gasteiger charge is -2.28. The fourth-order valence-electron chi connectivity index (χ4n) is 0.758. The Morgan fingerprint density at radius 2 is 1.56 bits per heavy atom. The molecule has 1 aromatic rings. The van der Waals surface area contributed by atoms with Crippen LogP contribution in [-0.2, 0) is 4.57 Å². The molecule has 0 radical (unpaired) electrons. The lowest BCUT2D eigenvalue weighted by molar-refractivity contribution is -0.384. The molecule has 0 atom stereocenters. The van der Waals surface area contributed by atoms with Crippen LogP contribution in [0.2, 0.25) is 0 Å². The molecule has 0 aliphatic rings. The van der Waals surface area contributed by atoms with Gasteiger partial charge in [-0.2, -0.15) is 0 Å². The number of nitrogens with zero attached hydrogens (tertiary/aromatic N) is 1. The van der Waals surface area contributed by atoms with E-state index in [0.29, 0.717) is 0 Å². The standard InChI is InChI=1S/C6H6NO6P.2H3N/c8-7(9)5-1-3-6(4-2-5)13-14(10,11)12;;/h1-4H,(H2,10,11,12);2*1H3. The zero-order chi connectivity index (χ0) is 10.8. The van der Waals surface area contributed by atoms with E-state index in [0.717, 1.165) is 24.3 Å². The summed E-state index contributed by atoms with van der Waals surface area (Å²) in [5.74, 6) is -0.246. The second-order valence-electron chi connectivity index (χ2n) is 2.29. The molecule has 8 N–H and O–H groups in total. The van der Waals surface area contributed by atoms with Gasteiger partial charge in [0.15, 0.2) is 0 Å². The average molecular weight is 253 g/mol. The maximum Gasteiger partial charge on any atom is 0.269 e. The van der Waals surface area contributed by atoms with Crippen molar-refractivity contribution in [2.24, 2.45) is 0 Å². The van der Waals surface area contributed by atoms with Crippen molar-refractivity contribution in [3.63, 3.8) is 0 Å². The van der Waals surface area contributed by atoms with Gasteiger partial charge in [-0.1, -0.05) is 0 Å². The summed E-state index contributed by atoms with van der Waals surface area (Å²) >= 11 is 0. The van der Waals surface area contributed by atoms with Gasteiger partial charge in [-0.3, -0.25) is 10.1 Å². The van der Waals surface area contributed by atoms with Crippen molar-refractivity contribution >= 4 is 13.5 Å². The minimum Gasteiger partial charge on any atom is -0.780 e. The molecule has 0 aliphatic carbocycles.